The maximum Gasteiger partial charge on any atom is 0.405 e. The van der Waals surface area contributed by atoms with Crippen LogP contribution in [0.5, 0.6) is 11.5 Å². The van der Waals surface area contributed by atoms with Gasteiger partial charge in [-0.05, 0) is 24.3 Å². The number of anilines is 1. The number of para-hydroxylation sites is 1. The Morgan fingerprint density at radius 2 is 1.96 bits per heavy atom. The number of ether oxygens (including phenoxy) is 2. The Morgan fingerprint density at radius 3 is 2.62 bits per heavy atom. The third-order valence-electron chi connectivity index (χ3n) is 3.92. The normalized spacial score (nSPS) is 16.1. The summed E-state index contributed by atoms with van der Waals surface area (Å²) in [4.78, 5) is 10.8. The highest BCUT2D eigenvalue weighted by Gasteiger charge is 2.31. The molecule has 2 aromatic rings. The molecule has 8 nitrogen and oxygen atoms in total. The van der Waals surface area contributed by atoms with E-state index in [1.807, 2.05) is 0 Å². The number of benzene rings is 2. The highest BCUT2D eigenvalue weighted by atomic mass is 32.2. The molecule has 26 heavy (non-hydrogen) atoms. The Hall–Kier alpha value is -2.94. The lowest BCUT2D eigenvalue weighted by Crippen LogP contribution is -2.42. The smallest absolute Gasteiger partial charge is 0.405 e. The Bertz CT molecular complexity index is 914. The summed E-state index contributed by atoms with van der Waals surface area (Å²) in [6.45, 7) is 0.0281. The average Bonchev–Trinajstić information content (AvgIpc) is 2.60. The van der Waals surface area contributed by atoms with Gasteiger partial charge >= 0.3 is 6.09 Å². The second kappa shape index (κ2) is 7.12. The molecule has 0 unspecified atom stereocenters. The molecule has 1 amide bonds. The predicted molar refractivity (Wildman–Crippen MR) is 94.4 cm³/mol. The first kappa shape index (κ1) is 17.9. The first-order chi connectivity index (χ1) is 12.4. The fourth-order valence-corrected chi connectivity index (χ4v) is 4.05. The molecule has 0 bridgehead atoms. The summed E-state index contributed by atoms with van der Waals surface area (Å²) in [6.07, 6.45) is -0.907. The summed E-state index contributed by atoms with van der Waals surface area (Å²) in [5, 5.41) is 11.2. The summed E-state index contributed by atoms with van der Waals surface area (Å²) in [7, 11) is -2.43. The van der Waals surface area contributed by atoms with Crippen molar-refractivity contribution in [2.45, 2.75) is 17.4 Å². The molecule has 0 spiro atoms. The van der Waals surface area contributed by atoms with Crippen LogP contribution in [0.15, 0.2) is 47.4 Å². The predicted octanol–water partition coefficient (Wildman–Crippen LogP) is 2.07. The third kappa shape index (κ3) is 3.67. The molecule has 0 radical (unpaired) electrons. The molecule has 0 saturated heterocycles. The molecule has 138 valence electrons. The lowest BCUT2D eigenvalue weighted by Gasteiger charge is -2.28. The number of hydrogen-bond donors (Lipinski definition) is 3. The van der Waals surface area contributed by atoms with Crippen molar-refractivity contribution < 1.29 is 27.8 Å². The topological polar surface area (TPSA) is 114 Å². The van der Waals surface area contributed by atoms with Crippen molar-refractivity contribution in [2.24, 2.45) is 0 Å². The molecule has 0 saturated carbocycles. The van der Waals surface area contributed by atoms with E-state index in [4.69, 9.17) is 14.6 Å². The van der Waals surface area contributed by atoms with Crippen LogP contribution in [0.1, 0.15) is 5.56 Å². The minimum atomic E-state index is -3.89. The van der Waals surface area contributed by atoms with E-state index in [1.54, 1.807) is 30.3 Å². The summed E-state index contributed by atoms with van der Waals surface area (Å²) >= 11 is 0. The molecule has 1 aliphatic heterocycles. The van der Waals surface area contributed by atoms with Crippen LogP contribution in [-0.4, -0.2) is 39.4 Å². The monoisotopic (exact) mass is 378 g/mol. The fraction of sp³-hybridized carbons (Fsp3) is 0.235. The van der Waals surface area contributed by atoms with E-state index in [9.17, 15) is 13.2 Å². The van der Waals surface area contributed by atoms with Gasteiger partial charge in [-0.25, -0.2) is 13.2 Å². The molecule has 1 aliphatic rings. The van der Waals surface area contributed by atoms with Crippen molar-refractivity contribution in [1.29, 1.82) is 0 Å². The molecule has 3 N–H and O–H groups in total. The number of rotatable bonds is 5. The number of carboxylic acid groups (broad SMARTS) is 1. The van der Waals surface area contributed by atoms with Crippen LogP contribution >= 0.6 is 0 Å². The maximum absolute atomic E-state index is 12.8. The second-order valence-corrected chi connectivity index (χ2v) is 7.36. The molecule has 0 aliphatic carbocycles. The third-order valence-corrected chi connectivity index (χ3v) is 5.33. The van der Waals surface area contributed by atoms with Gasteiger partial charge in [0.15, 0.2) is 0 Å². The lowest BCUT2D eigenvalue weighted by atomic mass is 10.0. The highest BCUT2D eigenvalue weighted by Crippen LogP contribution is 2.39. The molecule has 1 atom stereocenters. The zero-order valence-electron chi connectivity index (χ0n) is 13.9. The lowest BCUT2D eigenvalue weighted by molar-refractivity contribution is 0.174. The number of amides is 1. The van der Waals surface area contributed by atoms with Crippen molar-refractivity contribution >= 4 is 21.8 Å². The van der Waals surface area contributed by atoms with Gasteiger partial charge in [0.1, 0.15) is 23.0 Å². The number of nitrogens with one attached hydrogen (secondary N) is 2. The molecule has 1 heterocycles. The van der Waals surface area contributed by atoms with Crippen molar-refractivity contribution in [3.8, 4) is 11.5 Å². The van der Waals surface area contributed by atoms with Crippen molar-refractivity contribution in [3.63, 3.8) is 0 Å². The SMILES string of the molecule is COc1ccc(S(=O)(=O)Nc2ccccc2)c2c1C[C@@H](NC(=O)O)CO2. The van der Waals surface area contributed by atoms with Crippen LogP contribution in [-0.2, 0) is 16.4 Å². The summed E-state index contributed by atoms with van der Waals surface area (Å²) in [5.41, 5.74) is 0.937. The Morgan fingerprint density at radius 1 is 1.23 bits per heavy atom. The van der Waals surface area contributed by atoms with Crippen LogP contribution < -0.4 is 19.5 Å². The van der Waals surface area contributed by atoms with E-state index >= 15 is 0 Å². The summed E-state index contributed by atoms with van der Waals surface area (Å²) < 4.78 is 39.0. The van der Waals surface area contributed by atoms with Crippen LogP contribution in [0.3, 0.4) is 0 Å². The van der Waals surface area contributed by atoms with Crippen LogP contribution in [0, 0.1) is 0 Å². The van der Waals surface area contributed by atoms with E-state index in [1.165, 1.54) is 19.2 Å². The molecule has 0 fully saturated rings. The number of carbonyl (C=O) groups is 1. The Labute approximate surface area is 150 Å². The van der Waals surface area contributed by atoms with Crippen LogP contribution in [0.25, 0.3) is 0 Å². The van der Waals surface area contributed by atoms with E-state index < -0.39 is 22.2 Å². The van der Waals surface area contributed by atoms with E-state index in [-0.39, 0.29) is 23.7 Å². The Kier molecular flexibility index (Phi) is 4.90. The van der Waals surface area contributed by atoms with E-state index in [0.29, 0.717) is 17.0 Å². The first-order valence-electron chi connectivity index (χ1n) is 7.80. The van der Waals surface area contributed by atoms with Crippen LogP contribution in [0.2, 0.25) is 0 Å². The van der Waals surface area contributed by atoms with Crippen LogP contribution in [0.4, 0.5) is 10.5 Å². The summed E-state index contributed by atoms with van der Waals surface area (Å²) in [6, 6.07) is 11.0. The zero-order valence-corrected chi connectivity index (χ0v) is 14.7. The number of fused-ring (bicyclic) bond motifs is 1. The fourth-order valence-electron chi connectivity index (χ4n) is 2.82. The van der Waals surface area contributed by atoms with Gasteiger partial charge in [0.05, 0.1) is 13.2 Å². The average molecular weight is 378 g/mol. The van der Waals surface area contributed by atoms with Gasteiger partial charge in [0, 0.05) is 17.7 Å². The number of hydrogen-bond acceptors (Lipinski definition) is 5. The number of sulfonamides is 1. The van der Waals surface area contributed by atoms with Crippen molar-refractivity contribution in [1.82, 2.24) is 5.32 Å². The van der Waals surface area contributed by atoms with Gasteiger partial charge in [0.25, 0.3) is 10.0 Å². The zero-order chi connectivity index (χ0) is 18.7. The largest absolute Gasteiger partial charge is 0.496 e. The molecule has 2 aromatic carbocycles. The second-order valence-electron chi connectivity index (χ2n) is 5.71. The van der Waals surface area contributed by atoms with Gasteiger partial charge in [-0.2, -0.15) is 0 Å². The highest BCUT2D eigenvalue weighted by molar-refractivity contribution is 7.92. The van der Waals surface area contributed by atoms with Gasteiger partial charge in [-0.15, -0.1) is 0 Å². The van der Waals surface area contributed by atoms with Gasteiger partial charge in [-0.3, -0.25) is 4.72 Å². The molecule has 0 aromatic heterocycles. The van der Waals surface area contributed by atoms with E-state index in [2.05, 4.69) is 10.0 Å². The molecule has 9 heteroatoms. The minimum absolute atomic E-state index is 0.0223. The first-order valence-corrected chi connectivity index (χ1v) is 9.29. The standard InChI is InChI=1S/C17H18N2O6S/c1-24-14-7-8-15(26(22,23)19-11-5-3-2-4-6-11)16-13(14)9-12(10-25-16)18-17(20)21/h2-8,12,18-19H,9-10H2,1H3,(H,20,21)/t12-/m1/s1. The van der Waals surface area contributed by atoms with E-state index in [0.717, 1.165) is 0 Å². The molecular weight excluding hydrogens is 360 g/mol. The molecule has 3 rings (SSSR count). The maximum atomic E-state index is 12.8. The van der Waals surface area contributed by atoms with Gasteiger partial charge in [0.2, 0.25) is 0 Å². The van der Waals surface area contributed by atoms with Gasteiger partial charge in [-0.1, -0.05) is 18.2 Å². The van der Waals surface area contributed by atoms with Gasteiger partial charge < -0.3 is 19.9 Å². The summed E-state index contributed by atoms with van der Waals surface area (Å²) in [5.74, 6) is 0.617. The van der Waals surface area contributed by atoms with Crippen molar-refractivity contribution in [2.75, 3.05) is 18.4 Å². The number of methoxy groups -OCH3 is 1. The molecular formula is C17H18N2O6S. The Balaban J connectivity index is 1.98. The minimum Gasteiger partial charge on any atom is -0.496 e. The quantitative estimate of drug-likeness (QED) is 0.734. The van der Waals surface area contributed by atoms with Crippen molar-refractivity contribution in [3.05, 3.63) is 48.0 Å².